The second-order valence-electron chi connectivity index (χ2n) is 8.18. The van der Waals surface area contributed by atoms with Gasteiger partial charge in [0.1, 0.15) is 11.8 Å². The van der Waals surface area contributed by atoms with Crippen molar-refractivity contribution in [2.45, 2.75) is 43.5 Å². The van der Waals surface area contributed by atoms with E-state index in [1.165, 1.54) is 16.8 Å². The Kier molecular flexibility index (Phi) is 5.37. The Bertz CT molecular complexity index is 1120. The number of nitrogens with one attached hydrogen (secondary N) is 1. The summed E-state index contributed by atoms with van der Waals surface area (Å²) in [5, 5.41) is 7.57. The van der Waals surface area contributed by atoms with E-state index in [1.54, 1.807) is 19.1 Å². The molecule has 1 amide bonds. The van der Waals surface area contributed by atoms with Crippen molar-refractivity contribution in [2.24, 2.45) is 7.05 Å². The van der Waals surface area contributed by atoms with E-state index >= 15 is 0 Å². The second-order valence-corrected chi connectivity index (χ2v) is 9.32. The van der Waals surface area contributed by atoms with E-state index < -0.39 is 0 Å². The number of hydrogen-bond acceptors (Lipinski definition) is 5. The molecule has 5 rings (SSSR count). The van der Waals surface area contributed by atoms with Gasteiger partial charge in [-0.3, -0.25) is 9.48 Å². The van der Waals surface area contributed by atoms with Crippen LogP contribution < -0.4 is 5.32 Å². The summed E-state index contributed by atoms with van der Waals surface area (Å²) in [6.07, 6.45) is 2.52. The third-order valence-electron chi connectivity index (χ3n) is 6.39. The van der Waals surface area contributed by atoms with Crippen molar-refractivity contribution < 1.29 is 9.53 Å². The Hall–Kier alpha value is -2.55. The van der Waals surface area contributed by atoms with Gasteiger partial charge in [0, 0.05) is 37.5 Å². The first-order valence-electron chi connectivity index (χ1n) is 10.6. The summed E-state index contributed by atoms with van der Waals surface area (Å²) in [6.45, 7) is 4.72. The van der Waals surface area contributed by atoms with Crippen molar-refractivity contribution in [2.75, 3.05) is 13.7 Å². The van der Waals surface area contributed by atoms with E-state index in [0.29, 0.717) is 5.69 Å². The number of benzene rings is 1. The number of methoxy groups -OCH3 is 1. The SMILES string of the molecule is COC1c2ccccc2CC1NC(=O)c1cc(SN2CCn3nccc3C2)c(C)n1C. The quantitative estimate of drug-likeness (QED) is 0.622. The lowest BCUT2D eigenvalue weighted by molar-refractivity contribution is 0.0671. The van der Waals surface area contributed by atoms with Crippen LogP contribution in [-0.4, -0.2) is 44.3 Å². The van der Waals surface area contributed by atoms with Gasteiger partial charge in [-0.1, -0.05) is 24.3 Å². The molecule has 0 radical (unpaired) electrons. The van der Waals surface area contributed by atoms with Gasteiger partial charge in [0.2, 0.25) is 0 Å². The summed E-state index contributed by atoms with van der Waals surface area (Å²) in [4.78, 5) is 14.3. The van der Waals surface area contributed by atoms with Gasteiger partial charge in [0.05, 0.1) is 24.8 Å². The lowest BCUT2D eigenvalue weighted by Gasteiger charge is -2.26. The lowest BCUT2D eigenvalue weighted by atomic mass is 10.1. The van der Waals surface area contributed by atoms with Crippen LogP contribution in [0.15, 0.2) is 47.5 Å². The average molecular weight is 438 g/mol. The fraction of sp³-hybridized carbons (Fsp3) is 0.391. The molecule has 0 saturated heterocycles. The molecule has 2 atom stereocenters. The predicted molar refractivity (Wildman–Crippen MR) is 120 cm³/mol. The normalized spacial score (nSPS) is 20.5. The first kappa shape index (κ1) is 20.4. The van der Waals surface area contributed by atoms with Crippen molar-refractivity contribution in [1.82, 2.24) is 24.0 Å². The van der Waals surface area contributed by atoms with Gasteiger partial charge in [0.15, 0.2) is 0 Å². The molecule has 162 valence electrons. The monoisotopic (exact) mass is 437 g/mol. The molecule has 3 heterocycles. The standard InChI is InChI=1S/C23H27N5O2S/c1-15-21(31-27-10-11-28-17(14-27)8-9-24-28)13-20(26(15)2)23(29)25-19-12-16-6-4-5-7-18(16)22(19)30-3/h4-9,13,19,22H,10-12,14H2,1-3H3,(H,25,29). The summed E-state index contributed by atoms with van der Waals surface area (Å²) >= 11 is 1.71. The zero-order valence-electron chi connectivity index (χ0n) is 18.0. The molecule has 0 saturated carbocycles. The summed E-state index contributed by atoms with van der Waals surface area (Å²) in [6, 6.07) is 12.3. The molecular formula is C23H27N5O2S. The fourth-order valence-corrected chi connectivity index (χ4v) is 5.66. The molecule has 2 unspecified atom stereocenters. The highest BCUT2D eigenvalue weighted by atomic mass is 32.2. The zero-order valence-corrected chi connectivity index (χ0v) is 18.9. The number of carbonyl (C=O) groups excluding carboxylic acids is 1. The van der Waals surface area contributed by atoms with E-state index in [4.69, 9.17) is 4.74 Å². The van der Waals surface area contributed by atoms with E-state index in [-0.39, 0.29) is 18.1 Å². The van der Waals surface area contributed by atoms with E-state index in [1.807, 2.05) is 36.0 Å². The van der Waals surface area contributed by atoms with Gasteiger partial charge in [-0.2, -0.15) is 5.10 Å². The van der Waals surface area contributed by atoms with Crippen LogP contribution in [0.2, 0.25) is 0 Å². The average Bonchev–Trinajstić information content (AvgIpc) is 3.45. The van der Waals surface area contributed by atoms with Crippen LogP contribution in [0.1, 0.15) is 39.1 Å². The minimum Gasteiger partial charge on any atom is -0.375 e. The molecule has 0 spiro atoms. The predicted octanol–water partition coefficient (Wildman–Crippen LogP) is 3.10. The lowest BCUT2D eigenvalue weighted by Crippen LogP contribution is -2.39. The van der Waals surface area contributed by atoms with E-state index in [2.05, 4.69) is 44.5 Å². The first-order valence-corrected chi connectivity index (χ1v) is 11.3. The van der Waals surface area contributed by atoms with Gasteiger partial charge in [-0.25, -0.2) is 4.31 Å². The number of hydrogen-bond donors (Lipinski definition) is 1. The van der Waals surface area contributed by atoms with Crippen molar-refractivity contribution in [3.05, 3.63) is 70.8 Å². The molecule has 1 N–H and O–H groups in total. The number of amides is 1. The fourth-order valence-electron chi connectivity index (χ4n) is 4.58. The van der Waals surface area contributed by atoms with E-state index in [9.17, 15) is 4.79 Å². The Balaban J connectivity index is 1.30. The molecule has 3 aromatic rings. The topological polar surface area (TPSA) is 64.3 Å². The van der Waals surface area contributed by atoms with Crippen LogP contribution in [-0.2, 0) is 31.3 Å². The maximum absolute atomic E-state index is 13.2. The Morgan fingerprint density at radius 3 is 2.94 bits per heavy atom. The third-order valence-corrected chi connectivity index (χ3v) is 7.57. The van der Waals surface area contributed by atoms with Gasteiger partial charge < -0.3 is 14.6 Å². The number of aromatic nitrogens is 3. The highest BCUT2D eigenvalue weighted by Gasteiger charge is 2.34. The maximum atomic E-state index is 13.2. The molecule has 1 aliphatic carbocycles. The van der Waals surface area contributed by atoms with Gasteiger partial charge in [0.25, 0.3) is 5.91 Å². The van der Waals surface area contributed by atoms with Crippen molar-refractivity contribution in [1.29, 1.82) is 0 Å². The Morgan fingerprint density at radius 2 is 2.10 bits per heavy atom. The Morgan fingerprint density at radius 1 is 1.26 bits per heavy atom. The summed E-state index contributed by atoms with van der Waals surface area (Å²) in [5.41, 5.74) is 5.39. The van der Waals surface area contributed by atoms with Gasteiger partial charge in [-0.15, -0.1) is 0 Å². The van der Waals surface area contributed by atoms with Crippen molar-refractivity contribution >= 4 is 17.9 Å². The van der Waals surface area contributed by atoms with Gasteiger partial charge >= 0.3 is 0 Å². The van der Waals surface area contributed by atoms with Crippen LogP contribution in [0.25, 0.3) is 0 Å². The molecule has 7 nitrogen and oxygen atoms in total. The Labute approximate surface area is 186 Å². The highest BCUT2D eigenvalue weighted by Crippen LogP contribution is 2.35. The number of carbonyl (C=O) groups is 1. The molecule has 8 heteroatoms. The zero-order chi connectivity index (χ0) is 21.5. The first-order chi connectivity index (χ1) is 15.0. The molecule has 31 heavy (non-hydrogen) atoms. The molecule has 1 aromatic carbocycles. The number of fused-ring (bicyclic) bond motifs is 2. The van der Waals surface area contributed by atoms with E-state index in [0.717, 1.165) is 36.6 Å². The van der Waals surface area contributed by atoms with Crippen LogP contribution in [0, 0.1) is 6.92 Å². The van der Waals surface area contributed by atoms with Crippen LogP contribution in [0.3, 0.4) is 0 Å². The molecule has 2 aliphatic rings. The minimum absolute atomic E-state index is 0.0611. The van der Waals surface area contributed by atoms with Crippen molar-refractivity contribution in [3.63, 3.8) is 0 Å². The largest absolute Gasteiger partial charge is 0.375 e. The molecular weight excluding hydrogens is 410 g/mol. The van der Waals surface area contributed by atoms with Crippen LogP contribution >= 0.6 is 11.9 Å². The van der Waals surface area contributed by atoms with Crippen LogP contribution in [0.5, 0.6) is 0 Å². The summed E-state index contributed by atoms with van der Waals surface area (Å²) < 4.78 is 12.1. The highest BCUT2D eigenvalue weighted by molar-refractivity contribution is 7.97. The van der Waals surface area contributed by atoms with Crippen LogP contribution in [0.4, 0.5) is 0 Å². The minimum atomic E-state index is -0.117. The molecule has 2 aromatic heterocycles. The molecule has 1 aliphatic heterocycles. The molecule has 0 bridgehead atoms. The molecule has 0 fully saturated rings. The maximum Gasteiger partial charge on any atom is 0.268 e. The smallest absolute Gasteiger partial charge is 0.268 e. The van der Waals surface area contributed by atoms with Crippen molar-refractivity contribution in [3.8, 4) is 0 Å². The third kappa shape index (κ3) is 3.69. The summed E-state index contributed by atoms with van der Waals surface area (Å²) in [7, 11) is 3.66. The number of rotatable bonds is 5. The number of ether oxygens (including phenoxy) is 1. The van der Waals surface area contributed by atoms with Gasteiger partial charge in [-0.05, 0) is 48.6 Å². The summed E-state index contributed by atoms with van der Waals surface area (Å²) in [5.74, 6) is -0.0611. The number of nitrogens with zero attached hydrogens (tertiary/aromatic N) is 4. The second kappa shape index (κ2) is 8.18.